The molecule has 4 nitrogen and oxygen atoms in total. The van der Waals surface area contributed by atoms with Gasteiger partial charge in [-0.2, -0.15) is 0 Å². The molecule has 4 heteroatoms. The lowest BCUT2D eigenvalue weighted by molar-refractivity contribution is 0.0706. The molecule has 0 aromatic carbocycles. The van der Waals surface area contributed by atoms with E-state index in [1.807, 2.05) is 25.7 Å². The van der Waals surface area contributed by atoms with Crippen LogP contribution in [0, 0.1) is 20.8 Å². The van der Waals surface area contributed by atoms with Crippen LogP contribution in [-0.2, 0) is 0 Å². The minimum Gasteiger partial charge on any atom is -0.466 e. The Morgan fingerprint density at radius 2 is 2.06 bits per heavy atom. The zero-order valence-corrected chi connectivity index (χ0v) is 10.7. The lowest BCUT2D eigenvalue weighted by atomic mass is 10.0. The second-order valence-corrected chi connectivity index (χ2v) is 4.87. The largest absolute Gasteiger partial charge is 0.466 e. The summed E-state index contributed by atoms with van der Waals surface area (Å²) in [6.07, 6.45) is 1.99. The number of nitrogens with two attached hydrogens (primary N) is 1. The standard InChI is InChI=1S/C13H20N2O2/c1-8-9(2)17-10(3)12(8)13(16)15-6-4-5-11(14)7-15/h11H,4-7,14H2,1-3H3. The molecule has 1 aliphatic heterocycles. The van der Waals surface area contributed by atoms with Crippen LogP contribution in [0.2, 0.25) is 0 Å². The highest BCUT2D eigenvalue weighted by atomic mass is 16.3. The maximum absolute atomic E-state index is 12.4. The Morgan fingerprint density at radius 3 is 2.59 bits per heavy atom. The van der Waals surface area contributed by atoms with Gasteiger partial charge in [0.25, 0.3) is 5.91 Å². The molecule has 1 aromatic rings. The third-order valence-electron chi connectivity index (χ3n) is 3.52. The van der Waals surface area contributed by atoms with Crippen molar-refractivity contribution in [1.82, 2.24) is 4.90 Å². The van der Waals surface area contributed by atoms with Gasteiger partial charge in [0.1, 0.15) is 11.5 Å². The Morgan fingerprint density at radius 1 is 1.35 bits per heavy atom. The first-order valence-corrected chi connectivity index (χ1v) is 6.12. The van der Waals surface area contributed by atoms with E-state index in [0.717, 1.165) is 36.3 Å². The summed E-state index contributed by atoms with van der Waals surface area (Å²) in [7, 11) is 0. The molecular weight excluding hydrogens is 216 g/mol. The molecule has 1 aliphatic rings. The molecule has 0 spiro atoms. The maximum atomic E-state index is 12.4. The first kappa shape index (κ1) is 12.2. The summed E-state index contributed by atoms with van der Waals surface area (Å²) in [5, 5.41) is 0. The van der Waals surface area contributed by atoms with Crippen LogP contribution in [0.5, 0.6) is 0 Å². The molecule has 1 fully saturated rings. The average molecular weight is 236 g/mol. The zero-order valence-electron chi connectivity index (χ0n) is 10.7. The fourth-order valence-electron chi connectivity index (χ4n) is 2.46. The Labute approximate surface area is 102 Å². The molecule has 2 rings (SSSR count). The zero-order chi connectivity index (χ0) is 12.6. The number of piperidine rings is 1. The number of nitrogens with zero attached hydrogens (tertiary/aromatic N) is 1. The SMILES string of the molecule is Cc1oc(C)c(C(=O)N2CCCC(N)C2)c1C. The van der Waals surface area contributed by atoms with E-state index in [1.165, 1.54) is 0 Å². The van der Waals surface area contributed by atoms with E-state index < -0.39 is 0 Å². The highest BCUT2D eigenvalue weighted by Gasteiger charge is 2.26. The molecule has 1 unspecified atom stereocenters. The van der Waals surface area contributed by atoms with Crippen LogP contribution in [0.4, 0.5) is 0 Å². The molecule has 2 heterocycles. The highest BCUT2D eigenvalue weighted by Crippen LogP contribution is 2.23. The smallest absolute Gasteiger partial charge is 0.257 e. The lowest BCUT2D eigenvalue weighted by Gasteiger charge is -2.30. The minimum atomic E-state index is 0.0620. The lowest BCUT2D eigenvalue weighted by Crippen LogP contribution is -2.45. The summed E-state index contributed by atoms with van der Waals surface area (Å²) in [4.78, 5) is 14.3. The summed E-state index contributed by atoms with van der Waals surface area (Å²) in [5.74, 6) is 1.60. The molecule has 1 saturated heterocycles. The van der Waals surface area contributed by atoms with Crippen LogP contribution in [0.15, 0.2) is 4.42 Å². The van der Waals surface area contributed by atoms with E-state index in [0.29, 0.717) is 12.3 Å². The van der Waals surface area contributed by atoms with Gasteiger partial charge in [0.05, 0.1) is 5.56 Å². The summed E-state index contributed by atoms with van der Waals surface area (Å²) in [6, 6.07) is 0.112. The van der Waals surface area contributed by atoms with E-state index >= 15 is 0 Å². The molecule has 2 N–H and O–H groups in total. The minimum absolute atomic E-state index is 0.0620. The van der Waals surface area contributed by atoms with Gasteiger partial charge >= 0.3 is 0 Å². The Bertz CT molecular complexity index is 437. The second kappa shape index (κ2) is 4.53. The quantitative estimate of drug-likeness (QED) is 0.808. The van der Waals surface area contributed by atoms with Crippen molar-refractivity contribution >= 4 is 5.91 Å². The predicted octanol–water partition coefficient (Wildman–Crippen LogP) is 1.77. The molecule has 17 heavy (non-hydrogen) atoms. The summed E-state index contributed by atoms with van der Waals surface area (Å²) >= 11 is 0. The molecule has 1 aromatic heterocycles. The monoisotopic (exact) mass is 236 g/mol. The van der Waals surface area contributed by atoms with Gasteiger partial charge in [0, 0.05) is 24.7 Å². The first-order chi connectivity index (χ1) is 8.00. The molecule has 94 valence electrons. The molecular formula is C13H20N2O2. The van der Waals surface area contributed by atoms with Gasteiger partial charge in [-0.15, -0.1) is 0 Å². The Hall–Kier alpha value is -1.29. The fraction of sp³-hybridized carbons (Fsp3) is 0.615. The van der Waals surface area contributed by atoms with Crippen molar-refractivity contribution in [2.24, 2.45) is 5.73 Å². The van der Waals surface area contributed by atoms with Gasteiger partial charge in [-0.25, -0.2) is 0 Å². The molecule has 0 aliphatic carbocycles. The van der Waals surface area contributed by atoms with Crippen molar-refractivity contribution in [3.63, 3.8) is 0 Å². The third-order valence-corrected chi connectivity index (χ3v) is 3.52. The van der Waals surface area contributed by atoms with Gasteiger partial charge in [0.2, 0.25) is 0 Å². The average Bonchev–Trinajstić information content (AvgIpc) is 2.52. The van der Waals surface area contributed by atoms with Gasteiger partial charge < -0.3 is 15.1 Å². The number of hydrogen-bond donors (Lipinski definition) is 1. The van der Waals surface area contributed by atoms with E-state index in [4.69, 9.17) is 10.2 Å². The first-order valence-electron chi connectivity index (χ1n) is 6.12. The van der Waals surface area contributed by atoms with Crippen molar-refractivity contribution in [3.8, 4) is 0 Å². The third kappa shape index (κ3) is 2.22. The summed E-state index contributed by atoms with van der Waals surface area (Å²) < 4.78 is 5.51. The van der Waals surface area contributed by atoms with Crippen molar-refractivity contribution in [2.45, 2.75) is 39.7 Å². The van der Waals surface area contributed by atoms with E-state index in [1.54, 1.807) is 0 Å². The van der Waals surface area contributed by atoms with Crippen LogP contribution >= 0.6 is 0 Å². The summed E-state index contributed by atoms with van der Waals surface area (Å²) in [6.45, 7) is 7.12. The van der Waals surface area contributed by atoms with Crippen LogP contribution in [0.3, 0.4) is 0 Å². The topological polar surface area (TPSA) is 59.5 Å². The fourth-order valence-corrected chi connectivity index (χ4v) is 2.46. The Balaban J connectivity index is 2.24. The Kier molecular flexibility index (Phi) is 3.24. The molecule has 1 atom stereocenters. The predicted molar refractivity (Wildman–Crippen MR) is 66.0 cm³/mol. The molecule has 0 saturated carbocycles. The second-order valence-electron chi connectivity index (χ2n) is 4.87. The van der Waals surface area contributed by atoms with Crippen molar-refractivity contribution in [3.05, 3.63) is 22.6 Å². The number of likely N-dealkylation sites (tertiary alicyclic amines) is 1. The number of rotatable bonds is 1. The number of aryl methyl sites for hydroxylation is 2. The molecule has 0 radical (unpaired) electrons. The van der Waals surface area contributed by atoms with Crippen molar-refractivity contribution < 1.29 is 9.21 Å². The van der Waals surface area contributed by atoms with Crippen LogP contribution < -0.4 is 5.73 Å². The highest BCUT2D eigenvalue weighted by molar-refractivity contribution is 5.97. The maximum Gasteiger partial charge on any atom is 0.257 e. The van der Waals surface area contributed by atoms with Gasteiger partial charge in [-0.1, -0.05) is 0 Å². The van der Waals surface area contributed by atoms with Crippen molar-refractivity contribution in [1.29, 1.82) is 0 Å². The molecule has 1 amide bonds. The van der Waals surface area contributed by atoms with E-state index in [9.17, 15) is 4.79 Å². The number of carbonyl (C=O) groups is 1. The van der Waals surface area contributed by atoms with E-state index in [-0.39, 0.29) is 11.9 Å². The van der Waals surface area contributed by atoms with Gasteiger partial charge in [-0.05, 0) is 33.6 Å². The van der Waals surface area contributed by atoms with Crippen LogP contribution in [0.1, 0.15) is 40.3 Å². The number of hydrogen-bond acceptors (Lipinski definition) is 3. The number of carbonyl (C=O) groups excluding carboxylic acids is 1. The number of furan rings is 1. The molecule has 0 bridgehead atoms. The van der Waals surface area contributed by atoms with Gasteiger partial charge in [-0.3, -0.25) is 4.79 Å². The van der Waals surface area contributed by atoms with Crippen LogP contribution in [-0.4, -0.2) is 29.9 Å². The van der Waals surface area contributed by atoms with Crippen molar-refractivity contribution in [2.75, 3.05) is 13.1 Å². The van der Waals surface area contributed by atoms with Crippen LogP contribution in [0.25, 0.3) is 0 Å². The summed E-state index contributed by atoms with van der Waals surface area (Å²) in [5.41, 5.74) is 7.57. The normalized spacial score (nSPS) is 20.7. The number of amides is 1. The van der Waals surface area contributed by atoms with Gasteiger partial charge in [0.15, 0.2) is 0 Å². The van der Waals surface area contributed by atoms with E-state index in [2.05, 4.69) is 0 Å².